The fourth-order valence-corrected chi connectivity index (χ4v) is 2.41. The highest BCUT2D eigenvalue weighted by Gasteiger charge is 2.05. The number of rotatable bonds is 3. The summed E-state index contributed by atoms with van der Waals surface area (Å²) < 4.78 is 15.1. The minimum absolute atomic E-state index is 0.311. The van der Waals surface area contributed by atoms with Crippen molar-refractivity contribution < 1.29 is 4.39 Å². The van der Waals surface area contributed by atoms with Gasteiger partial charge in [0.15, 0.2) is 0 Å². The first-order valence-corrected chi connectivity index (χ1v) is 7.29. The van der Waals surface area contributed by atoms with E-state index in [-0.39, 0.29) is 5.82 Å². The summed E-state index contributed by atoms with van der Waals surface area (Å²) in [7, 11) is 0. The lowest BCUT2D eigenvalue weighted by molar-refractivity contribution is 0.627. The number of nitrogens with zero attached hydrogens (tertiary/aromatic N) is 2. The summed E-state index contributed by atoms with van der Waals surface area (Å²) in [6.07, 6.45) is 3.77. The van der Waals surface area contributed by atoms with Crippen LogP contribution in [0.2, 0.25) is 0 Å². The molecule has 112 valence electrons. The van der Waals surface area contributed by atoms with Gasteiger partial charge in [-0.3, -0.25) is 0 Å². The zero-order valence-corrected chi connectivity index (χ0v) is 12.7. The zero-order chi connectivity index (χ0) is 16.2. The van der Waals surface area contributed by atoms with E-state index in [1.807, 2.05) is 60.2 Å². The molecule has 0 saturated heterocycles. The van der Waals surface area contributed by atoms with Crippen LogP contribution in [0.3, 0.4) is 0 Å². The topological polar surface area (TPSA) is 28.7 Å². The second kappa shape index (κ2) is 6.33. The summed E-state index contributed by atoms with van der Waals surface area (Å²) >= 11 is 0. The molecule has 0 amide bonds. The van der Waals surface area contributed by atoms with Gasteiger partial charge in [0.25, 0.3) is 0 Å². The number of hydrogen-bond acceptors (Lipinski definition) is 1. The van der Waals surface area contributed by atoms with Crippen LogP contribution in [0.5, 0.6) is 0 Å². The summed E-state index contributed by atoms with van der Waals surface area (Å²) in [5.41, 5.74) is 4.32. The average molecular weight is 302 g/mol. The molecular weight excluding hydrogens is 287 g/mol. The minimum atomic E-state index is -0.311. The first-order chi connectivity index (χ1) is 11.2. The van der Waals surface area contributed by atoms with Gasteiger partial charge in [-0.15, -0.1) is 0 Å². The molecule has 3 rings (SSSR count). The van der Waals surface area contributed by atoms with Crippen molar-refractivity contribution in [3.05, 3.63) is 89.5 Å². The van der Waals surface area contributed by atoms with E-state index in [0.717, 1.165) is 11.4 Å². The van der Waals surface area contributed by atoms with Gasteiger partial charge in [0.05, 0.1) is 11.6 Å². The molecule has 0 saturated carbocycles. The Labute approximate surface area is 134 Å². The molecule has 0 N–H and O–H groups in total. The Hall–Kier alpha value is -3.12. The molecule has 3 heteroatoms. The molecule has 0 aliphatic rings. The van der Waals surface area contributed by atoms with Crippen LogP contribution in [-0.4, -0.2) is 4.57 Å². The second-order valence-electron chi connectivity index (χ2n) is 5.32. The Kier molecular flexibility index (Phi) is 4.07. The van der Waals surface area contributed by atoms with Crippen LogP contribution in [0.1, 0.15) is 16.8 Å². The maximum Gasteiger partial charge on any atom is 0.123 e. The number of benzene rings is 2. The molecular formula is C20H15FN2. The predicted molar refractivity (Wildman–Crippen MR) is 90.4 cm³/mol. The van der Waals surface area contributed by atoms with E-state index in [1.54, 1.807) is 12.1 Å². The van der Waals surface area contributed by atoms with Gasteiger partial charge in [-0.1, -0.05) is 29.8 Å². The van der Waals surface area contributed by atoms with Gasteiger partial charge in [0.2, 0.25) is 0 Å². The van der Waals surface area contributed by atoms with Gasteiger partial charge in [-0.2, -0.15) is 5.26 Å². The molecule has 0 aliphatic heterocycles. The van der Waals surface area contributed by atoms with Gasteiger partial charge in [0, 0.05) is 17.6 Å². The fourth-order valence-electron chi connectivity index (χ4n) is 2.41. The lowest BCUT2D eigenvalue weighted by atomic mass is 10.1. The number of allylic oxidation sites excluding steroid dienone is 1. The first-order valence-electron chi connectivity index (χ1n) is 7.29. The normalized spacial score (nSPS) is 11.3. The summed E-state index contributed by atoms with van der Waals surface area (Å²) in [5.74, 6) is -0.311. The van der Waals surface area contributed by atoms with Crippen LogP contribution in [0.4, 0.5) is 4.39 Å². The Balaban J connectivity index is 2.02. The number of nitriles is 1. The van der Waals surface area contributed by atoms with Crippen molar-refractivity contribution in [1.82, 2.24) is 4.57 Å². The van der Waals surface area contributed by atoms with Gasteiger partial charge in [-0.05, 0) is 55.0 Å². The van der Waals surface area contributed by atoms with Gasteiger partial charge in [0.1, 0.15) is 5.82 Å². The summed E-state index contributed by atoms with van der Waals surface area (Å²) in [6, 6.07) is 20.2. The number of halogens is 1. The molecule has 0 atom stereocenters. The zero-order valence-electron chi connectivity index (χ0n) is 12.7. The molecule has 0 aliphatic carbocycles. The summed E-state index contributed by atoms with van der Waals surface area (Å²) in [5, 5.41) is 9.42. The lowest BCUT2D eigenvalue weighted by Gasteiger charge is -2.08. The van der Waals surface area contributed by atoms with E-state index < -0.39 is 0 Å². The maximum atomic E-state index is 13.0. The van der Waals surface area contributed by atoms with Crippen molar-refractivity contribution in [3.63, 3.8) is 0 Å². The molecule has 1 heterocycles. The molecule has 3 aromatic rings. The summed E-state index contributed by atoms with van der Waals surface area (Å²) in [4.78, 5) is 0. The largest absolute Gasteiger partial charge is 0.317 e. The molecule has 2 aromatic carbocycles. The lowest BCUT2D eigenvalue weighted by Crippen LogP contribution is -1.95. The Morgan fingerprint density at radius 2 is 1.74 bits per heavy atom. The second-order valence-corrected chi connectivity index (χ2v) is 5.32. The Morgan fingerprint density at radius 1 is 1.04 bits per heavy atom. The van der Waals surface area contributed by atoms with Crippen molar-refractivity contribution in [2.45, 2.75) is 6.92 Å². The predicted octanol–water partition coefficient (Wildman–Crippen LogP) is 4.99. The van der Waals surface area contributed by atoms with Crippen LogP contribution in [0.25, 0.3) is 17.3 Å². The Morgan fingerprint density at radius 3 is 2.39 bits per heavy atom. The van der Waals surface area contributed by atoms with E-state index >= 15 is 0 Å². The Bertz CT molecular complexity index is 879. The fraction of sp³-hybridized carbons (Fsp3) is 0.0500. The van der Waals surface area contributed by atoms with E-state index in [4.69, 9.17) is 0 Å². The van der Waals surface area contributed by atoms with Crippen molar-refractivity contribution in [2.75, 3.05) is 0 Å². The van der Waals surface area contributed by atoms with Crippen LogP contribution in [0, 0.1) is 24.1 Å². The van der Waals surface area contributed by atoms with Crippen LogP contribution in [0.15, 0.2) is 66.9 Å². The third-order valence-electron chi connectivity index (χ3n) is 3.66. The standard InChI is InChI=1S/C20H15FN2/c1-15-4-10-19(11-5-15)23-12-2-3-20(23)13-17(14-22)16-6-8-18(21)9-7-16/h2-13H,1H3/b17-13+. The molecule has 0 fully saturated rings. The van der Waals surface area contributed by atoms with E-state index in [0.29, 0.717) is 11.1 Å². The van der Waals surface area contributed by atoms with Crippen molar-refractivity contribution in [2.24, 2.45) is 0 Å². The average Bonchev–Trinajstić information content (AvgIpc) is 3.02. The van der Waals surface area contributed by atoms with Crippen LogP contribution < -0.4 is 0 Å². The van der Waals surface area contributed by atoms with Crippen molar-refractivity contribution in [1.29, 1.82) is 5.26 Å². The third-order valence-corrected chi connectivity index (χ3v) is 3.66. The molecule has 0 spiro atoms. The van der Waals surface area contributed by atoms with Crippen LogP contribution >= 0.6 is 0 Å². The highest BCUT2D eigenvalue weighted by atomic mass is 19.1. The quantitative estimate of drug-likeness (QED) is 0.627. The minimum Gasteiger partial charge on any atom is -0.317 e. The van der Waals surface area contributed by atoms with E-state index in [1.165, 1.54) is 17.7 Å². The van der Waals surface area contributed by atoms with Crippen LogP contribution in [-0.2, 0) is 0 Å². The van der Waals surface area contributed by atoms with Gasteiger partial charge >= 0.3 is 0 Å². The van der Waals surface area contributed by atoms with Crippen molar-refractivity contribution in [3.8, 4) is 11.8 Å². The molecule has 23 heavy (non-hydrogen) atoms. The number of aromatic nitrogens is 1. The summed E-state index contributed by atoms with van der Waals surface area (Å²) in [6.45, 7) is 2.04. The highest BCUT2D eigenvalue weighted by molar-refractivity contribution is 5.89. The SMILES string of the molecule is Cc1ccc(-n2cccc2/C=C(\C#N)c2ccc(F)cc2)cc1. The monoisotopic (exact) mass is 302 g/mol. The van der Waals surface area contributed by atoms with Crippen molar-refractivity contribution >= 4 is 11.6 Å². The number of hydrogen-bond donors (Lipinski definition) is 0. The van der Waals surface area contributed by atoms with E-state index in [9.17, 15) is 9.65 Å². The van der Waals surface area contributed by atoms with E-state index in [2.05, 4.69) is 6.07 Å². The molecule has 2 nitrogen and oxygen atoms in total. The maximum absolute atomic E-state index is 13.0. The molecule has 0 bridgehead atoms. The highest BCUT2D eigenvalue weighted by Crippen LogP contribution is 2.21. The third kappa shape index (κ3) is 3.22. The number of aryl methyl sites for hydroxylation is 1. The van der Waals surface area contributed by atoms with Gasteiger partial charge < -0.3 is 4.57 Å². The molecule has 1 aromatic heterocycles. The van der Waals surface area contributed by atoms with Gasteiger partial charge in [-0.25, -0.2) is 4.39 Å². The smallest absolute Gasteiger partial charge is 0.123 e. The molecule has 0 unspecified atom stereocenters. The molecule has 0 radical (unpaired) electrons. The first kappa shape index (κ1) is 14.8.